The summed E-state index contributed by atoms with van der Waals surface area (Å²) in [7, 11) is 1.58. The monoisotopic (exact) mass is 451 g/mol. The summed E-state index contributed by atoms with van der Waals surface area (Å²) in [6.45, 7) is 0. The first-order valence-corrected chi connectivity index (χ1v) is 11.0. The minimum atomic E-state index is -0.468. The van der Waals surface area contributed by atoms with Gasteiger partial charge < -0.3 is 14.5 Å². The lowest BCUT2D eigenvalue weighted by Gasteiger charge is -2.07. The van der Waals surface area contributed by atoms with Crippen molar-refractivity contribution in [2.24, 2.45) is 0 Å². The fraction of sp³-hybridized carbons (Fsp3) is 0.0385. The molecule has 6 nitrogen and oxygen atoms in total. The Morgan fingerprint density at radius 2 is 1.94 bits per heavy atom. The van der Waals surface area contributed by atoms with Gasteiger partial charge in [-0.15, -0.1) is 11.3 Å². The lowest BCUT2D eigenvalue weighted by molar-refractivity contribution is 0.417. The average Bonchev–Trinajstić information content (AvgIpc) is 3.34. The molecule has 0 saturated heterocycles. The van der Waals surface area contributed by atoms with Crippen LogP contribution in [0.2, 0.25) is 0 Å². The molecule has 160 valence electrons. The quantitative estimate of drug-likeness (QED) is 0.199. The molecule has 33 heavy (non-hydrogen) atoms. The zero-order valence-electron chi connectivity index (χ0n) is 17.5. The van der Waals surface area contributed by atoms with Crippen LogP contribution in [0.5, 0.6) is 5.75 Å². The van der Waals surface area contributed by atoms with Crippen molar-refractivity contribution in [2.75, 3.05) is 12.4 Å². The molecule has 5 aromatic rings. The molecule has 3 aromatic carbocycles. The van der Waals surface area contributed by atoms with E-state index in [0.717, 1.165) is 21.8 Å². The van der Waals surface area contributed by atoms with Gasteiger partial charge in [0.15, 0.2) is 0 Å². The van der Waals surface area contributed by atoms with Crippen molar-refractivity contribution >= 4 is 44.3 Å². The Balaban J connectivity index is 1.53. The van der Waals surface area contributed by atoms with Crippen LogP contribution in [-0.4, -0.2) is 12.1 Å². The minimum absolute atomic E-state index is 0.341. The number of ether oxygens (including phenoxy) is 1. The highest BCUT2D eigenvalue weighted by molar-refractivity contribution is 7.11. The Morgan fingerprint density at radius 1 is 1.12 bits per heavy atom. The Hall–Kier alpha value is -4.41. The third kappa shape index (κ3) is 3.84. The second-order valence-electron chi connectivity index (χ2n) is 7.20. The topological polar surface area (TPSA) is 88.2 Å². The number of anilines is 1. The SMILES string of the molecule is COc1ccccc1N/C=C(\C#N)c1nc(-c2cc3c(ccc4ccccc43)oc2=O)cs1. The van der Waals surface area contributed by atoms with Gasteiger partial charge in [0.1, 0.15) is 28.0 Å². The standard InChI is InChI=1S/C26H17N3O3S/c1-31-24-9-5-4-8-21(24)28-14-17(13-27)25-29-22(15-33-25)20-12-19-18-7-3-2-6-16(18)10-11-23(19)32-26(20)30/h2-12,14-15,28H,1H3/b17-14+. The number of para-hydroxylation sites is 2. The van der Waals surface area contributed by atoms with E-state index in [1.54, 1.807) is 24.8 Å². The largest absolute Gasteiger partial charge is 0.495 e. The van der Waals surface area contributed by atoms with E-state index >= 15 is 0 Å². The summed E-state index contributed by atoms with van der Waals surface area (Å²) in [4.78, 5) is 17.2. The first-order valence-electron chi connectivity index (χ1n) is 10.1. The van der Waals surface area contributed by atoms with Crippen molar-refractivity contribution in [3.8, 4) is 23.1 Å². The number of nitrogens with zero attached hydrogens (tertiary/aromatic N) is 2. The van der Waals surface area contributed by atoms with Crippen LogP contribution in [0.1, 0.15) is 5.01 Å². The third-order valence-corrected chi connectivity index (χ3v) is 6.13. The number of aromatic nitrogens is 1. The first-order chi connectivity index (χ1) is 16.2. The van der Waals surface area contributed by atoms with Crippen LogP contribution in [0.25, 0.3) is 38.6 Å². The molecule has 2 heterocycles. The minimum Gasteiger partial charge on any atom is -0.495 e. The van der Waals surface area contributed by atoms with Crippen molar-refractivity contribution in [3.05, 3.63) is 93.7 Å². The van der Waals surface area contributed by atoms with Crippen LogP contribution in [0.3, 0.4) is 0 Å². The summed E-state index contributed by atoms with van der Waals surface area (Å²) in [5.41, 5.74) is 1.95. The molecule has 7 heteroatoms. The van der Waals surface area contributed by atoms with Gasteiger partial charge >= 0.3 is 5.63 Å². The highest BCUT2D eigenvalue weighted by atomic mass is 32.1. The molecule has 0 bridgehead atoms. The van der Waals surface area contributed by atoms with Gasteiger partial charge in [-0.25, -0.2) is 9.78 Å². The van der Waals surface area contributed by atoms with E-state index in [-0.39, 0.29) is 0 Å². The highest BCUT2D eigenvalue weighted by Gasteiger charge is 2.15. The maximum Gasteiger partial charge on any atom is 0.345 e. The van der Waals surface area contributed by atoms with Gasteiger partial charge in [-0.1, -0.05) is 42.5 Å². The van der Waals surface area contributed by atoms with Gasteiger partial charge in [0, 0.05) is 17.0 Å². The number of nitriles is 1. The van der Waals surface area contributed by atoms with Crippen molar-refractivity contribution in [2.45, 2.75) is 0 Å². The van der Waals surface area contributed by atoms with Crippen LogP contribution in [0, 0.1) is 11.3 Å². The molecule has 0 amide bonds. The molecule has 0 fully saturated rings. The van der Waals surface area contributed by atoms with Gasteiger partial charge in [0.25, 0.3) is 0 Å². The molecule has 0 saturated carbocycles. The van der Waals surface area contributed by atoms with E-state index < -0.39 is 5.63 Å². The molecule has 0 aliphatic rings. The number of nitrogens with one attached hydrogen (secondary N) is 1. The first kappa shape index (κ1) is 20.5. The van der Waals surface area contributed by atoms with Gasteiger partial charge in [0.2, 0.25) is 0 Å². The molecule has 0 radical (unpaired) electrons. The fourth-order valence-electron chi connectivity index (χ4n) is 3.63. The molecule has 5 rings (SSSR count). The van der Waals surface area contributed by atoms with E-state index in [2.05, 4.69) is 16.4 Å². The Kier molecular flexibility index (Phi) is 5.35. The summed E-state index contributed by atoms with van der Waals surface area (Å²) < 4.78 is 10.9. The average molecular weight is 452 g/mol. The van der Waals surface area contributed by atoms with Crippen molar-refractivity contribution in [3.63, 3.8) is 0 Å². The number of allylic oxidation sites excluding steroid dienone is 1. The van der Waals surface area contributed by atoms with Crippen molar-refractivity contribution in [1.29, 1.82) is 5.26 Å². The summed E-state index contributed by atoms with van der Waals surface area (Å²) in [6.07, 6.45) is 1.58. The molecule has 1 N–H and O–H groups in total. The predicted molar refractivity (Wildman–Crippen MR) is 131 cm³/mol. The maximum absolute atomic E-state index is 12.7. The van der Waals surface area contributed by atoms with Crippen molar-refractivity contribution in [1.82, 2.24) is 4.98 Å². The Morgan fingerprint density at radius 3 is 2.79 bits per heavy atom. The van der Waals surface area contributed by atoms with Gasteiger partial charge in [0.05, 0.1) is 24.1 Å². The number of benzene rings is 3. The fourth-order valence-corrected chi connectivity index (χ4v) is 4.41. The molecule has 0 atom stereocenters. The van der Waals surface area contributed by atoms with Crippen molar-refractivity contribution < 1.29 is 9.15 Å². The number of fused-ring (bicyclic) bond motifs is 3. The molecular weight excluding hydrogens is 434 g/mol. The second kappa shape index (κ2) is 8.61. The number of rotatable bonds is 5. The Labute approximate surface area is 193 Å². The van der Waals surface area contributed by atoms with E-state index in [1.165, 1.54) is 11.3 Å². The van der Waals surface area contributed by atoms with Crippen LogP contribution < -0.4 is 15.7 Å². The van der Waals surface area contributed by atoms with E-state index in [9.17, 15) is 10.1 Å². The molecule has 0 aliphatic carbocycles. The van der Waals surface area contributed by atoms with E-state index in [1.807, 2.05) is 60.7 Å². The van der Waals surface area contributed by atoms with Gasteiger partial charge in [-0.2, -0.15) is 5.26 Å². The highest BCUT2D eigenvalue weighted by Crippen LogP contribution is 2.30. The van der Waals surface area contributed by atoms with E-state index in [0.29, 0.717) is 33.2 Å². The number of thiazole rings is 1. The summed E-state index contributed by atoms with van der Waals surface area (Å²) >= 11 is 1.29. The number of hydrogen-bond donors (Lipinski definition) is 1. The normalized spacial score (nSPS) is 11.5. The van der Waals surface area contributed by atoms with Gasteiger partial charge in [-0.05, 0) is 35.0 Å². The summed E-state index contributed by atoms with van der Waals surface area (Å²) in [5, 5.41) is 17.9. The van der Waals surface area contributed by atoms with Gasteiger partial charge in [-0.3, -0.25) is 0 Å². The van der Waals surface area contributed by atoms with Crippen LogP contribution >= 0.6 is 11.3 Å². The zero-order chi connectivity index (χ0) is 22.8. The molecule has 0 spiro atoms. The lowest BCUT2D eigenvalue weighted by Crippen LogP contribution is -2.03. The Bertz CT molecular complexity index is 1630. The molecule has 0 aliphatic heterocycles. The summed E-state index contributed by atoms with van der Waals surface area (Å²) in [6, 6.07) is 23.0. The maximum atomic E-state index is 12.7. The van der Waals surface area contributed by atoms with Crippen LogP contribution in [0.15, 0.2) is 87.5 Å². The molecule has 2 aromatic heterocycles. The smallest absolute Gasteiger partial charge is 0.345 e. The third-order valence-electron chi connectivity index (χ3n) is 5.25. The zero-order valence-corrected chi connectivity index (χ0v) is 18.3. The lowest BCUT2D eigenvalue weighted by atomic mass is 10.0. The molecule has 0 unspecified atom stereocenters. The van der Waals surface area contributed by atoms with Crippen LogP contribution in [0.4, 0.5) is 5.69 Å². The van der Waals surface area contributed by atoms with Crippen LogP contribution in [-0.2, 0) is 0 Å². The second-order valence-corrected chi connectivity index (χ2v) is 8.06. The molecular formula is C26H17N3O3S. The number of hydrogen-bond acceptors (Lipinski definition) is 7. The van der Waals surface area contributed by atoms with E-state index in [4.69, 9.17) is 9.15 Å². The predicted octanol–water partition coefficient (Wildman–Crippen LogP) is 6.05. The summed E-state index contributed by atoms with van der Waals surface area (Å²) in [5.74, 6) is 0.659. The number of methoxy groups -OCH3 is 1.